The number of rotatable bonds is 2. The van der Waals surface area contributed by atoms with Crippen LogP contribution in [0.25, 0.3) is 0 Å². The summed E-state index contributed by atoms with van der Waals surface area (Å²) in [6.07, 6.45) is 6.78. The highest BCUT2D eigenvalue weighted by molar-refractivity contribution is 5.75. The van der Waals surface area contributed by atoms with Crippen molar-refractivity contribution in [2.24, 2.45) is 11.8 Å². The van der Waals surface area contributed by atoms with Gasteiger partial charge < -0.3 is 14.6 Å². The first-order chi connectivity index (χ1) is 7.63. The minimum atomic E-state index is -0.799. The Balaban J connectivity index is 2.12. The van der Waals surface area contributed by atoms with Crippen molar-refractivity contribution in [1.29, 1.82) is 0 Å². The summed E-state index contributed by atoms with van der Waals surface area (Å²) >= 11 is 0. The monoisotopic (exact) mass is 220 g/mol. The van der Waals surface area contributed by atoms with Crippen molar-refractivity contribution >= 4 is 5.97 Å². The van der Waals surface area contributed by atoms with E-state index < -0.39 is 17.3 Å². The van der Waals surface area contributed by atoms with E-state index in [1.54, 1.807) is 6.07 Å². The SMILES string of the molecule is O=C(O)C1CC2C=CC1(c1ccoc1O)C2. The summed E-state index contributed by atoms with van der Waals surface area (Å²) in [4.78, 5) is 11.3. The smallest absolute Gasteiger partial charge is 0.307 e. The summed E-state index contributed by atoms with van der Waals surface area (Å²) in [6, 6.07) is 1.67. The second-order valence-electron chi connectivity index (χ2n) is 4.63. The predicted octanol–water partition coefficient (Wildman–Crippen LogP) is 1.90. The average molecular weight is 220 g/mol. The van der Waals surface area contributed by atoms with Gasteiger partial charge in [0.25, 0.3) is 5.95 Å². The first kappa shape index (κ1) is 9.51. The maximum absolute atomic E-state index is 11.3. The van der Waals surface area contributed by atoms with Crippen LogP contribution < -0.4 is 0 Å². The Kier molecular flexibility index (Phi) is 1.73. The summed E-state index contributed by atoms with van der Waals surface area (Å²) < 4.78 is 4.88. The van der Waals surface area contributed by atoms with E-state index in [0.717, 1.165) is 6.42 Å². The van der Waals surface area contributed by atoms with Crippen LogP contribution in [0.3, 0.4) is 0 Å². The number of carboxylic acids is 1. The normalized spacial score (nSPS) is 35.8. The highest BCUT2D eigenvalue weighted by atomic mass is 16.5. The molecule has 2 aliphatic rings. The van der Waals surface area contributed by atoms with Gasteiger partial charge in [0.05, 0.1) is 12.2 Å². The van der Waals surface area contributed by atoms with Gasteiger partial charge in [-0.1, -0.05) is 12.2 Å². The van der Waals surface area contributed by atoms with E-state index in [1.165, 1.54) is 6.26 Å². The Morgan fingerprint density at radius 2 is 2.38 bits per heavy atom. The lowest BCUT2D eigenvalue weighted by Crippen LogP contribution is -2.33. The van der Waals surface area contributed by atoms with E-state index in [2.05, 4.69) is 0 Å². The van der Waals surface area contributed by atoms with Crippen molar-refractivity contribution in [3.8, 4) is 5.95 Å². The number of hydrogen-bond donors (Lipinski definition) is 2. The second-order valence-corrected chi connectivity index (χ2v) is 4.63. The summed E-state index contributed by atoms with van der Waals surface area (Å²) in [5.41, 5.74) is 0.0456. The number of aliphatic carboxylic acids is 1. The zero-order chi connectivity index (χ0) is 11.3. The number of aromatic hydroxyl groups is 1. The van der Waals surface area contributed by atoms with Crippen LogP contribution in [-0.2, 0) is 10.2 Å². The van der Waals surface area contributed by atoms with Crippen molar-refractivity contribution in [3.05, 3.63) is 30.0 Å². The minimum Gasteiger partial charge on any atom is -0.481 e. The lowest BCUT2D eigenvalue weighted by molar-refractivity contribution is -0.143. The minimum absolute atomic E-state index is 0.154. The molecule has 0 radical (unpaired) electrons. The van der Waals surface area contributed by atoms with Crippen LogP contribution in [0, 0.1) is 11.8 Å². The Hall–Kier alpha value is -1.71. The molecule has 4 nitrogen and oxygen atoms in total. The van der Waals surface area contributed by atoms with Crippen LogP contribution in [-0.4, -0.2) is 16.2 Å². The molecule has 2 bridgehead atoms. The van der Waals surface area contributed by atoms with Crippen LogP contribution in [0.15, 0.2) is 28.9 Å². The van der Waals surface area contributed by atoms with Gasteiger partial charge in [0, 0.05) is 11.0 Å². The molecule has 1 aromatic rings. The van der Waals surface area contributed by atoms with Crippen molar-refractivity contribution in [2.45, 2.75) is 18.3 Å². The molecule has 2 N–H and O–H groups in total. The molecule has 4 heteroatoms. The molecule has 0 aliphatic heterocycles. The van der Waals surface area contributed by atoms with Gasteiger partial charge in [-0.25, -0.2) is 0 Å². The van der Waals surface area contributed by atoms with E-state index in [4.69, 9.17) is 4.42 Å². The fourth-order valence-corrected chi connectivity index (χ4v) is 3.18. The molecule has 2 aliphatic carbocycles. The lowest BCUT2D eigenvalue weighted by Gasteiger charge is -2.28. The van der Waals surface area contributed by atoms with E-state index in [0.29, 0.717) is 17.9 Å². The first-order valence-corrected chi connectivity index (χ1v) is 5.32. The van der Waals surface area contributed by atoms with Gasteiger partial charge in [0.2, 0.25) is 0 Å². The Morgan fingerprint density at radius 3 is 2.94 bits per heavy atom. The van der Waals surface area contributed by atoms with Crippen molar-refractivity contribution in [1.82, 2.24) is 0 Å². The van der Waals surface area contributed by atoms with Crippen LogP contribution >= 0.6 is 0 Å². The molecule has 16 heavy (non-hydrogen) atoms. The fourth-order valence-electron chi connectivity index (χ4n) is 3.18. The second kappa shape index (κ2) is 2.90. The van der Waals surface area contributed by atoms with Gasteiger partial charge in [-0.2, -0.15) is 0 Å². The molecule has 84 valence electrons. The molecule has 0 saturated heterocycles. The lowest BCUT2D eigenvalue weighted by atomic mass is 9.73. The molecular formula is C12H12O4. The summed E-state index contributed by atoms with van der Waals surface area (Å²) in [6.45, 7) is 0. The first-order valence-electron chi connectivity index (χ1n) is 5.32. The molecule has 3 rings (SSSR count). The number of furan rings is 1. The van der Waals surface area contributed by atoms with Crippen LogP contribution in [0.4, 0.5) is 0 Å². The van der Waals surface area contributed by atoms with Crippen molar-refractivity contribution in [2.75, 3.05) is 0 Å². The highest BCUT2D eigenvalue weighted by Crippen LogP contribution is 2.56. The maximum Gasteiger partial charge on any atom is 0.307 e. The average Bonchev–Trinajstić information content (AvgIpc) is 2.89. The standard InChI is InChI=1S/C12H12O4/c13-10(14)9-5-7-1-3-12(9,6-7)8-2-4-16-11(8)15/h1-4,7,9,15H,5-6H2,(H,13,14). The van der Waals surface area contributed by atoms with Crippen LogP contribution in [0.2, 0.25) is 0 Å². The number of fused-ring (bicyclic) bond motifs is 2. The summed E-state index contributed by atoms with van der Waals surface area (Å²) in [7, 11) is 0. The number of carbonyl (C=O) groups is 1. The molecule has 1 fully saturated rings. The quantitative estimate of drug-likeness (QED) is 0.747. The van der Waals surface area contributed by atoms with Crippen LogP contribution in [0.5, 0.6) is 5.95 Å². The Bertz CT molecular complexity index is 473. The summed E-state index contributed by atoms with van der Waals surface area (Å²) in [5, 5.41) is 18.9. The molecule has 1 heterocycles. The van der Waals surface area contributed by atoms with Gasteiger partial charge in [-0.15, -0.1) is 0 Å². The number of hydrogen-bond acceptors (Lipinski definition) is 3. The maximum atomic E-state index is 11.3. The third-order valence-corrected chi connectivity index (χ3v) is 3.87. The summed E-state index contributed by atoms with van der Waals surface area (Å²) in [5.74, 6) is -1.09. The molecule has 0 spiro atoms. The number of allylic oxidation sites excluding steroid dienone is 2. The van der Waals surface area contributed by atoms with Crippen LogP contribution in [0.1, 0.15) is 18.4 Å². The van der Waals surface area contributed by atoms with Gasteiger partial charge >= 0.3 is 5.97 Å². The van der Waals surface area contributed by atoms with Crippen molar-refractivity contribution in [3.63, 3.8) is 0 Å². The topological polar surface area (TPSA) is 70.7 Å². The molecular weight excluding hydrogens is 208 g/mol. The Labute approximate surface area is 92.2 Å². The van der Waals surface area contributed by atoms with E-state index in [1.807, 2.05) is 12.2 Å². The van der Waals surface area contributed by atoms with Crippen molar-refractivity contribution < 1.29 is 19.4 Å². The predicted molar refractivity (Wildman–Crippen MR) is 55.0 cm³/mol. The molecule has 1 aromatic heterocycles. The van der Waals surface area contributed by atoms with Gasteiger partial charge in [0.1, 0.15) is 0 Å². The molecule has 0 amide bonds. The van der Waals surface area contributed by atoms with E-state index >= 15 is 0 Å². The molecule has 3 atom stereocenters. The highest BCUT2D eigenvalue weighted by Gasteiger charge is 2.54. The van der Waals surface area contributed by atoms with E-state index in [-0.39, 0.29) is 5.95 Å². The van der Waals surface area contributed by atoms with E-state index in [9.17, 15) is 15.0 Å². The zero-order valence-electron chi connectivity index (χ0n) is 8.59. The molecule has 1 saturated carbocycles. The zero-order valence-corrected chi connectivity index (χ0v) is 8.59. The molecule has 3 unspecified atom stereocenters. The third-order valence-electron chi connectivity index (χ3n) is 3.87. The third kappa shape index (κ3) is 1.01. The molecule has 0 aromatic carbocycles. The Morgan fingerprint density at radius 1 is 1.56 bits per heavy atom. The van der Waals surface area contributed by atoms with Gasteiger partial charge in [0.15, 0.2) is 0 Å². The number of carboxylic acid groups (broad SMARTS) is 1. The largest absolute Gasteiger partial charge is 0.481 e. The van der Waals surface area contributed by atoms with Gasteiger partial charge in [-0.3, -0.25) is 4.79 Å². The fraction of sp³-hybridized carbons (Fsp3) is 0.417. The van der Waals surface area contributed by atoms with Gasteiger partial charge in [-0.05, 0) is 24.8 Å².